The number of nitrogens with one attached hydrogen (secondary N) is 2. The highest BCUT2D eigenvalue weighted by Gasteiger charge is 2.42. The van der Waals surface area contributed by atoms with Crippen LogP contribution >= 0.6 is 11.8 Å². The number of carbonyl (C=O) groups excluding carboxylic acids is 1. The first-order valence-corrected chi connectivity index (χ1v) is 12.6. The summed E-state index contributed by atoms with van der Waals surface area (Å²) >= 11 is 1.49. The molecule has 0 bridgehead atoms. The fourth-order valence-electron chi connectivity index (χ4n) is 4.10. The standard InChI is InChI=1S/C20H27N3O3S2/c1-12-3-7-15(8-4-12)21-19(24)14-6-5-13(2)16(9-14)22-20-23-17-10-28(25,26)11-18(17)27-20/h5-6,9,12,15,17-18H,3-4,7-8,10-11H2,1-2H3,(H,21,24)(H,22,23)/t12?,15?,17-,18+/m1/s1. The van der Waals surface area contributed by atoms with Crippen molar-refractivity contribution < 1.29 is 13.2 Å². The molecule has 0 spiro atoms. The molecule has 1 amide bonds. The van der Waals surface area contributed by atoms with E-state index in [0.29, 0.717) is 5.56 Å². The minimum atomic E-state index is -2.95. The van der Waals surface area contributed by atoms with Crippen LogP contribution in [0.1, 0.15) is 48.5 Å². The van der Waals surface area contributed by atoms with Crippen molar-refractivity contribution in [3.05, 3.63) is 29.3 Å². The number of amides is 1. The van der Waals surface area contributed by atoms with Crippen molar-refractivity contribution >= 4 is 38.4 Å². The van der Waals surface area contributed by atoms with E-state index in [4.69, 9.17) is 0 Å². The minimum Gasteiger partial charge on any atom is -0.349 e. The largest absolute Gasteiger partial charge is 0.349 e. The highest BCUT2D eigenvalue weighted by atomic mass is 32.2. The summed E-state index contributed by atoms with van der Waals surface area (Å²) in [5, 5.41) is 7.23. The van der Waals surface area contributed by atoms with Crippen molar-refractivity contribution in [2.45, 2.75) is 56.9 Å². The van der Waals surface area contributed by atoms with Crippen LogP contribution in [0.15, 0.2) is 23.2 Å². The summed E-state index contributed by atoms with van der Waals surface area (Å²) in [6.07, 6.45) is 4.42. The van der Waals surface area contributed by atoms with Gasteiger partial charge in [-0.05, 0) is 56.2 Å². The summed E-state index contributed by atoms with van der Waals surface area (Å²) in [5.41, 5.74) is 2.51. The van der Waals surface area contributed by atoms with E-state index >= 15 is 0 Å². The summed E-state index contributed by atoms with van der Waals surface area (Å²) < 4.78 is 23.4. The molecule has 152 valence electrons. The number of thioether (sulfide) groups is 1. The molecule has 0 unspecified atom stereocenters. The van der Waals surface area contributed by atoms with Crippen molar-refractivity contribution in [2.24, 2.45) is 10.9 Å². The van der Waals surface area contributed by atoms with E-state index in [2.05, 4.69) is 22.5 Å². The van der Waals surface area contributed by atoms with E-state index in [9.17, 15) is 13.2 Å². The van der Waals surface area contributed by atoms with Gasteiger partial charge in [0.05, 0.1) is 17.5 Å². The van der Waals surface area contributed by atoms with Crippen LogP contribution < -0.4 is 10.6 Å². The molecular weight excluding hydrogens is 394 g/mol. The summed E-state index contributed by atoms with van der Waals surface area (Å²) in [7, 11) is -2.95. The molecule has 1 aromatic rings. The maximum absolute atomic E-state index is 12.7. The van der Waals surface area contributed by atoms with E-state index in [-0.39, 0.29) is 34.7 Å². The number of benzene rings is 1. The molecule has 6 nitrogen and oxygen atoms in total. The van der Waals surface area contributed by atoms with Crippen molar-refractivity contribution in [3.8, 4) is 0 Å². The average Bonchev–Trinajstić information content (AvgIpc) is 3.11. The first kappa shape index (κ1) is 19.8. The third kappa shape index (κ3) is 4.38. The predicted molar refractivity (Wildman–Crippen MR) is 115 cm³/mol. The molecule has 2 fully saturated rings. The van der Waals surface area contributed by atoms with Gasteiger partial charge in [0.15, 0.2) is 15.0 Å². The Morgan fingerprint density at radius 2 is 1.93 bits per heavy atom. The lowest BCUT2D eigenvalue weighted by molar-refractivity contribution is 0.0923. The van der Waals surface area contributed by atoms with Gasteiger partial charge in [-0.3, -0.25) is 9.79 Å². The summed E-state index contributed by atoms with van der Waals surface area (Å²) in [4.78, 5) is 17.2. The second-order valence-corrected chi connectivity index (χ2v) is 11.7. The minimum absolute atomic E-state index is 0.00739. The SMILES string of the molecule is Cc1ccc(C(=O)NC2CCC(C)CC2)cc1NC1=N[C@@H]2CS(=O)(=O)C[C@@H]2S1. The maximum atomic E-state index is 12.7. The van der Waals surface area contributed by atoms with Gasteiger partial charge < -0.3 is 10.6 Å². The van der Waals surface area contributed by atoms with E-state index in [0.717, 1.165) is 35.2 Å². The predicted octanol–water partition coefficient (Wildman–Crippen LogP) is 2.98. The first-order valence-electron chi connectivity index (χ1n) is 9.92. The van der Waals surface area contributed by atoms with Crippen LogP contribution in [0.25, 0.3) is 0 Å². The Morgan fingerprint density at radius 3 is 2.64 bits per heavy atom. The molecule has 28 heavy (non-hydrogen) atoms. The average molecular weight is 422 g/mol. The Bertz CT molecular complexity index is 905. The number of anilines is 1. The van der Waals surface area contributed by atoms with Crippen molar-refractivity contribution in [1.29, 1.82) is 0 Å². The van der Waals surface area contributed by atoms with Gasteiger partial charge in [-0.25, -0.2) is 8.42 Å². The molecule has 0 aromatic heterocycles. The fraction of sp³-hybridized carbons (Fsp3) is 0.600. The van der Waals surface area contributed by atoms with Crippen LogP contribution in [0.3, 0.4) is 0 Å². The van der Waals surface area contributed by atoms with Gasteiger partial charge in [0, 0.05) is 22.5 Å². The summed E-state index contributed by atoms with van der Waals surface area (Å²) in [6, 6.07) is 5.76. The van der Waals surface area contributed by atoms with Crippen molar-refractivity contribution in [3.63, 3.8) is 0 Å². The molecule has 1 aromatic carbocycles. The number of rotatable bonds is 3. The smallest absolute Gasteiger partial charge is 0.251 e. The monoisotopic (exact) mass is 421 g/mol. The van der Waals surface area contributed by atoms with E-state index < -0.39 is 9.84 Å². The van der Waals surface area contributed by atoms with Crippen molar-refractivity contribution in [2.75, 3.05) is 16.8 Å². The molecule has 1 saturated carbocycles. The Morgan fingerprint density at radius 1 is 1.18 bits per heavy atom. The lowest BCUT2D eigenvalue weighted by Crippen LogP contribution is -2.37. The normalized spacial score (nSPS) is 31.1. The number of aryl methyl sites for hydroxylation is 1. The fourth-order valence-corrected chi connectivity index (χ4v) is 7.77. The number of sulfone groups is 1. The van der Waals surface area contributed by atoms with Gasteiger partial charge in [0.2, 0.25) is 0 Å². The number of hydrogen-bond acceptors (Lipinski definition) is 6. The highest BCUT2D eigenvalue weighted by Crippen LogP contribution is 2.35. The van der Waals surface area contributed by atoms with Gasteiger partial charge >= 0.3 is 0 Å². The number of nitrogens with zero attached hydrogens (tertiary/aromatic N) is 1. The molecule has 2 aliphatic heterocycles. The van der Waals surface area contributed by atoms with Gasteiger partial charge in [-0.15, -0.1) is 0 Å². The number of aliphatic imine (C=N–C) groups is 1. The van der Waals surface area contributed by atoms with Crippen LogP contribution in [-0.4, -0.2) is 48.3 Å². The van der Waals surface area contributed by atoms with Crippen LogP contribution in [-0.2, 0) is 9.84 Å². The Kier molecular flexibility index (Phi) is 5.44. The Balaban J connectivity index is 1.42. The molecule has 1 aliphatic carbocycles. The van der Waals surface area contributed by atoms with Crippen LogP contribution in [0.4, 0.5) is 5.69 Å². The van der Waals surface area contributed by atoms with Gasteiger partial charge in [-0.2, -0.15) is 0 Å². The summed E-state index contributed by atoms with van der Waals surface area (Å²) in [6.45, 7) is 4.25. The maximum Gasteiger partial charge on any atom is 0.251 e. The summed E-state index contributed by atoms with van der Waals surface area (Å²) in [5.74, 6) is 1.05. The van der Waals surface area contributed by atoms with Crippen LogP contribution in [0.2, 0.25) is 0 Å². The molecular formula is C20H27N3O3S2. The molecule has 4 rings (SSSR count). The highest BCUT2D eigenvalue weighted by molar-refractivity contribution is 8.15. The lowest BCUT2D eigenvalue weighted by Gasteiger charge is -2.27. The Hall–Kier alpha value is -1.54. The zero-order chi connectivity index (χ0) is 19.9. The van der Waals surface area contributed by atoms with Crippen molar-refractivity contribution in [1.82, 2.24) is 5.32 Å². The van der Waals surface area contributed by atoms with Crippen LogP contribution in [0, 0.1) is 12.8 Å². The molecule has 3 aliphatic rings. The zero-order valence-electron chi connectivity index (χ0n) is 16.3. The molecule has 2 N–H and O–H groups in total. The first-order chi connectivity index (χ1) is 13.3. The Labute approximate surface area is 170 Å². The third-order valence-corrected chi connectivity index (χ3v) is 9.05. The van der Waals surface area contributed by atoms with Gasteiger partial charge in [-0.1, -0.05) is 24.8 Å². The second-order valence-electron chi connectivity index (χ2n) is 8.32. The number of carbonyl (C=O) groups is 1. The van der Waals surface area contributed by atoms with E-state index in [1.54, 1.807) is 0 Å². The van der Waals surface area contributed by atoms with E-state index in [1.165, 1.54) is 24.6 Å². The van der Waals surface area contributed by atoms with Crippen LogP contribution in [0.5, 0.6) is 0 Å². The molecule has 2 atom stereocenters. The zero-order valence-corrected chi connectivity index (χ0v) is 17.9. The second kappa shape index (κ2) is 7.71. The quantitative estimate of drug-likeness (QED) is 0.783. The number of hydrogen-bond donors (Lipinski definition) is 2. The lowest BCUT2D eigenvalue weighted by atomic mass is 9.87. The molecule has 0 radical (unpaired) electrons. The molecule has 2 heterocycles. The van der Waals surface area contributed by atoms with E-state index in [1.807, 2.05) is 25.1 Å². The molecule has 8 heteroatoms. The van der Waals surface area contributed by atoms with Gasteiger partial charge in [0.1, 0.15) is 0 Å². The third-order valence-electron chi connectivity index (χ3n) is 5.91. The topological polar surface area (TPSA) is 87.6 Å². The van der Waals surface area contributed by atoms with Gasteiger partial charge in [0.25, 0.3) is 5.91 Å². The number of fused-ring (bicyclic) bond motifs is 1. The molecule has 1 saturated heterocycles. The number of amidine groups is 1.